The van der Waals surface area contributed by atoms with E-state index in [9.17, 15) is 0 Å². The van der Waals surface area contributed by atoms with Crippen LogP contribution in [-0.2, 0) is 0 Å². The standard InChI is InChI=1S/C25H43N2/c1-24-12-10-23-21(22(24)11-14-26(3)18-24)8-7-19-17-20(9-13-25(19,23)2)27(4)15-5-6-16-27/h7,20-23H,5-6,8-18H2,1-4H3/q+1/t20-,21-,22-,23-,24+,25-/m0/s1. The third-order valence-electron chi connectivity index (χ3n) is 10.5. The van der Waals surface area contributed by atoms with E-state index in [1.165, 1.54) is 88.4 Å². The molecule has 0 radical (unpaired) electrons. The summed E-state index contributed by atoms with van der Waals surface area (Å²) in [5.74, 6) is 2.92. The van der Waals surface area contributed by atoms with Gasteiger partial charge >= 0.3 is 0 Å². The minimum absolute atomic E-state index is 0.531. The lowest BCUT2D eigenvalue weighted by molar-refractivity contribution is -0.923. The summed E-state index contributed by atoms with van der Waals surface area (Å²) in [6, 6.07) is 0.917. The quantitative estimate of drug-likeness (QED) is 0.458. The van der Waals surface area contributed by atoms with Gasteiger partial charge in [-0.1, -0.05) is 25.5 Å². The average molecular weight is 372 g/mol. The number of allylic oxidation sites excluding steroid dienone is 1. The largest absolute Gasteiger partial charge is 0.323 e. The number of quaternary nitrogens is 1. The van der Waals surface area contributed by atoms with Crippen molar-refractivity contribution < 1.29 is 4.48 Å². The Morgan fingerprint density at radius 1 is 1.04 bits per heavy atom. The van der Waals surface area contributed by atoms with E-state index in [0.29, 0.717) is 10.8 Å². The van der Waals surface area contributed by atoms with Crippen LogP contribution in [0.1, 0.15) is 71.6 Å². The fourth-order valence-electron chi connectivity index (χ4n) is 8.80. The van der Waals surface area contributed by atoms with Crippen molar-refractivity contribution in [2.75, 3.05) is 40.3 Å². The first-order chi connectivity index (χ1) is 12.8. The third-order valence-corrected chi connectivity index (χ3v) is 10.5. The zero-order chi connectivity index (χ0) is 18.9. The van der Waals surface area contributed by atoms with Crippen LogP contribution in [0.2, 0.25) is 0 Å². The number of rotatable bonds is 1. The van der Waals surface area contributed by atoms with Gasteiger partial charge in [0.2, 0.25) is 0 Å². The van der Waals surface area contributed by atoms with Gasteiger partial charge in [0, 0.05) is 32.2 Å². The first kappa shape index (κ1) is 18.7. The smallest absolute Gasteiger partial charge is 0.0926 e. The van der Waals surface area contributed by atoms with E-state index in [4.69, 9.17) is 0 Å². The van der Waals surface area contributed by atoms with Gasteiger partial charge in [-0.05, 0) is 74.3 Å². The van der Waals surface area contributed by atoms with Crippen LogP contribution in [0.4, 0.5) is 0 Å². The molecule has 3 aliphatic carbocycles. The molecule has 27 heavy (non-hydrogen) atoms. The molecule has 4 fully saturated rings. The minimum Gasteiger partial charge on any atom is -0.323 e. The maximum absolute atomic E-state index is 2.78. The predicted octanol–water partition coefficient (Wildman–Crippen LogP) is 5.10. The van der Waals surface area contributed by atoms with E-state index >= 15 is 0 Å². The van der Waals surface area contributed by atoms with Crippen LogP contribution >= 0.6 is 0 Å². The molecular formula is C25H43N2+. The van der Waals surface area contributed by atoms with Crippen molar-refractivity contribution in [1.82, 2.24) is 4.90 Å². The summed E-state index contributed by atoms with van der Waals surface area (Å²) in [6.07, 6.45) is 15.9. The van der Waals surface area contributed by atoms with Gasteiger partial charge in [-0.3, -0.25) is 0 Å². The van der Waals surface area contributed by atoms with Crippen LogP contribution in [0.5, 0.6) is 0 Å². The summed E-state index contributed by atoms with van der Waals surface area (Å²) in [6.45, 7) is 10.9. The molecule has 0 aromatic heterocycles. The van der Waals surface area contributed by atoms with E-state index in [-0.39, 0.29) is 0 Å². The molecule has 0 aromatic carbocycles. The zero-order valence-corrected chi connectivity index (χ0v) is 18.5. The molecule has 2 heteroatoms. The highest BCUT2D eigenvalue weighted by molar-refractivity contribution is 5.25. The van der Waals surface area contributed by atoms with Crippen molar-refractivity contribution in [2.24, 2.45) is 28.6 Å². The molecule has 2 nitrogen and oxygen atoms in total. The molecule has 5 rings (SSSR count). The maximum Gasteiger partial charge on any atom is 0.0926 e. The Morgan fingerprint density at radius 2 is 1.81 bits per heavy atom. The Bertz CT molecular complexity index is 618. The van der Waals surface area contributed by atoms with Gasteiger partial charge in [-0.25, -0.2) is 0 Å². The molecule has 5 aliphatic rings. The van der Waals surface area contributed by atoms with Crippen LogP contribution in [-0.4, -0.2) is 55.7 Å². The van der Waals surface area contributed by atoms with E-state index < -0.39 is 0 Å². The second-order valence-electron chi connectivity index (χ2n) is 12.0. The number of hydrogen-bond donors (Lipinski definition) is 0. The molecule has 0 amide bonds. The van der Waals surface area contributed by atoms with Crippen LogP contribution in [0.15, 0.2) is 11.6 Å². The lowest BCUT2D eigenvalue weighted by atomic mass is 9.46. The average Bonchev–Trinajstić information content (AvgIpc) is 3.07. The number of piperidine rings is 1. The zero-order valence-electron chi connectivity index (χ0n) is 18.5. The fourth-order valence-corrected chi connectivity index (χ4v) is 8.80. The Labute approximate surface area is 168 Å². The highest BCUT2D eigenvalue weighted by Crippen LogP contribution is 2.63. The number of hydrogen-bond acceptors (Lipinski definition) is 1. The van der Waals surface area contributed by atoms with Crippen molar-refractivity contribution in [2.45, 2.75) is 77.7 Å². The summed E-state index contributed by atoms with van der Waals surface area (Å²) in [5.41, 5.74) is 3.01. The first-order valence-corrected chi connectivity index (χ1v) is 12.1. The normalized spacial score (nSPS) is 49.7. The Morgan fingerprint density at radius 3 is 2.59 bits per heavy atom. The van der Waals surface area contributed by atoms with E-state index in [2.05, 4.69) is 38.9 Å². The molecule has 152 valence electrons. The van der Waals surface area contributed by atoms with Gasteiger partial charge in [-0.15, -0.1) is 0 Å². The monoisotopic (exact) mass is 371 g/mol. The SMILES string of the molecule is CN1CC[C@H]2[C@@H]3CC=C4C[C@@H]([N+]5(C)CCCC5)CC[C@]4(C)[C@H]3CC[C@]2(C)C1. The second kappa shape index (κ2) is 6.33. The van der Waals surface area contributed by atoms with Crippen LogP contribution in [0.3, 0.4) is 0 Å². The molecule has 6 atom stereocenters. The molecular weight excluding hydrogens is 328 g/mol. The second-order valence-corrected chi connectivity index (χ2v) is 12.0. The van der Waals surface area contributed by atoms with E-state index in [0.717, 1.165) is 23.8 Å². The summed E-state index contributed by atoms with van der Waals surface area (Å²) in [4.78, 5) is 2.61. The van der Waals surface area contributed by atoms with Crippen molar-refractivity contribution in [1.29, 1.82) is 0 Å². The number of nitrogens with zero attached hydrogens (tertiary/aromatic N) is 2. The van der Waals surface area contributed by atoms with E-state index in [1.807, 2.05) is 5.57 Å². The van der Waals surface area contributed by atoms with Crippen LogP contribution < -0.4 is 0 Å². The molecule has 0 bridgehead atoms. The molecule has 0 aromatic rings. The summed E-state index contributed by atoms with van der Waals surface area (Å²) < 4.78 is 1.38. The minimum atomic E-state index is 0.531. The summed E-state index contributed by atoms with van der Waals surface area (Å²) in [5, 5.41) is 0. The number of likely N-dealkylation sites (tertiary alicyclic amines) is 2. The lowest BCUT2D eigenvalue weighted by Gasteiger charge is -2.61. The Kier molecular flexibility index (Phi) is 4.38. The van der Waals surface area contributed by atoms with E-state index in [1.54, 1.807) is 0 Å². The molecule has 2 saturated heterocycles. The van der Waals surface area contributed by atoms with Crippen molar-refractivity contribution in [3.8, 4) is 0 Å². The van der Waals surface area contributed by atoms with Crippen molar-refractivity contribution >= 4 is 0 Å². The lowest BCUT2D eigenvalue weighted by Crippen LogP contribution is -2.58. The van der Waals surface area contributed by atoms with Gasteiger partial charge in [0.25, 0.3) is 0 Å². The molecule has 2 saturated carbocycles. The van der Waals surface area contributed by atoms with Crippen molar-refractivity contribution in [3.05, 3.63) is 11.6 Å². The first-order valence-electron chi connectivity index (χ1n) is 12.1. The van der Waals surface area contributed by atoms with Crippen LogP contribution in [0.25, 0.3) is 0 Å². The van der Waals surface area contributed by atoms with Gasteiger partial charge < -0.3 is 9.38 Å². The fraction of sp³-hybridized carbons (Fsp3) is 0.920. The Balaban J connectivity index is 1.39. The molecule has 2 aliphatic heterocycles. The summed E-state index contributed by atoms with van der Waals surface area (Å²) in [7, 11) is 4.91. The van der Waals surface area contributed by atoms with Gasteiger partial charge in [0.1, 0.15) is 0 Å². The molecule has 0 spiro atoms. The third kappa shape index (κ3) is 2.80. The highest BCUT2D eigenvalue weighted by Gasteiger charge is 2.56. The predicted molar refractivity (Wildman–Crippen MR) is 114 cm³/mol. The maximum atomic E-state index is 2.78. The molecule has 0 N–H and O–H groups in total. The molecule has 0 unspecified atom stereocenters. The van der Waals surface area contributed by atoms with Crippen LogP contribution in [0, 0.1) is 28.6 Å². The summed E-state index contributed by atoms with van der Waals surface area (Å²) >= 11 is 0. The number of fused-ring (bicyclic) bond motifs is 5. The van der Waals surface area contributed by atoms with Gasteiger partial charge in [-0.2, -0.15) is 0 Å². The molecule has 2 heterocycles. The van der Waals surface area contributed by atoms with Crippen molar-refractivity contribution in [3.63, 3.8) is 0 Å². The topological polar surface area (TPSA) is 3.24 Å². The van der Waals surface area contributed by atoms with Gasteiger partial charge in [0.15, 0.2) is 0 Å². The Hall–Kier alpha value is -0.340. The van der Waals surface area contributed by atoms with Gasteiger partial charge in [0.05, 0.1) is 26.2 Å². The highest BCUT2D eigenvalue weighted by atomic mass is 15.4.